The normalized spacial score (nSPS) is 16.3. The van der Waals surface area contributed by atoms with E-state index >= 15 is 0 Å². The van der Waals surface area contributed by atoms with Gasteiger partial charge in [0.2, 0.25) is 0 Å². The first-order valence-electron chi connectivity index (χ1n) is 13.0. The molecule has 38 heavy (non-hydrogen) atoms. The van der Waals surface area contributed by atoms with Gasteiger partial charge in [-0.05, 0) is 60.0 Å². The second-order valence-corrected chi connectivity index (χ2v) is 9.57. The summed E-state index contributed by atoms with van der Waals surface area (Å²) in [6.45, 7) is 4.43. The highest BCUT2D eigenvalue weighted by Gasteiger charge is 2.28. The van der Waals surface area contributed by atoms with Crippen molar-refractivity contribution in [3.8, 4) is 11.5 Å². The zero-order valence-electron chi connectivity index (χ0n) is 22.1. The van der Waals surface area contributed by atoms with E-state index in [9.17, 15) is 4.79 Å². The molecule has 1 aliphatic rings. The maximum atomic E-state index is 13.2. The molecule has 0 bridgehead atoms. The van der Waals surface area contributed by atoms with Crippen molar-refractivity contribution in [2.45, 2.75) is 58.0 Å². The number of tetrazole rings is 1. The van der Waals surface area contributed by atoms with E-state index in [-0.39, 0.29) is 17.7 Å². The van der Waals surface area contributed by atoms with Crippen LogP contribution in [0.4, 0.5) is 0 Å². The molecule has 1 N–H and O–H groups in total. The van der Waals surface area contributed by atoms with Gasteiger partial charge in [0.1, 0.15) is 11.5 Å². The number of aromatic nitrogens is 5. The molecule has 0 radical (unpaired) electrons. The Morgan fingerprint density at radius 3 is 2.74 bits per heavy atom. The minimum absolute atomic E-state index is 0.107. The number of methoxy groups -OCH3 is 2. The van der Waals surface area contributed by atoms with E-state index in [0.29, 0.717) is 25.2 Å². The molecule has 2 unspecified atom stereocenters. The number of benzene rings is 2. The van der Waals surface area contributed by atoms with E-state index in [2.05, 4.69) is 32.3 Å². The first kappa shape index (κ1) is 25.9. The second-order valence-electron chi connectivity index (χ2n) is 9.57. The van der Waals surface area contributed by atoms with Crippen molar-refractivity contribution in [3.05, 3.63) is 75.8 Å². The summed E-state index contributed by atoms with van der Waals surface area (Å²) >= 11 is 0. The van der Waals surface area contributed by atoms with Crippen LogP contribution < -0.4 is 15.0 Å². The molecule has 0 aliphatic carbocycles. The summed E-state index contributed by atoms with van der Waals surface area (Å²) in [7, 11) is 3.30. The van der Waals surface area contributed by atoms with E-state index in [4.69, 9.17) is 14.2 Å². The lowest BCUT2D eigenvalue weighted by Crippen LogP contribution is -2.33. The molecule has 2 aromatic heterocycles. The molecular formula is C28H34N6O4. The fourth-order valence-corrected chi connectivity index (χ4v) is 5.19. The predicted octanol–water partition coefficient (Wildman–Crippen LogP) is 3.86. The minimum atomic E-state index is -0.142. The number of fused-ring (bicyclic) bond motifs is 1. The molecule has 2 aromatic carbocycles. The van der Waals surface area contributed by atoms with Crippen LogP contribution in [0, 0.1) is 0 Å². The van der Waals surface area contributed by atoms with Gasteiger partial charge in [-0.25, -0.2) is 4.68 Å². The molecule has 0 saturated carbocycles. The molecule has 200 valence electrons. The fourth-order valence-electron chi connectivity index (χ4n) is 5.19. The summed E-state index contributed by atoms with van der Waals surface area (Å²) in [6.07, 6.45) is 2.90. The van der Waals surface area contributed by atoms with Gasteiger partial charge in [0.15, 0.2) is 5.82 Å². The van der Waals surface area contributed by atoms with Crippen LogP contribution in [0.25, 0.3) is 10.9 Å². The molecule has 10 nitrogen and oxygen atoms in total. The Bertz CT molecular complexity index is 1430. The van der Waals surface area contributed by atoms with Crippen molar-refractivity contribution in [1.29, 1.82) is 0 Å². The van der Waals surface area contributed by atoms with Crippen LogP contribution in [0.15, 0.2) is 53.3 Å². The summed E-state index contributed by atoms with van der Waals surface area (Å²) < 4.78 is 18.8. The average Bonchev–Trinajstić information content (AvgIpc) is 3.62. The molecule has 3 heterocycles. The summed E-state index contributed by atoms with van der Waals surface area (Å²) in [6, 6.07) is 15.4. The molecular weight excluding hydrogens is 484 g/mol. The number of nitrogens with zero attached hydrogens (tertiary/aromatic N) is 5. The lowest BCUT2D eigenvalue weighted by Gasteiger charge is -2.31. The van der Waals surface area contributed by atoms with Crippen molar-refractivity contribution in [2.24, 2.45) is 0 Å². The highest BCUT2D eigenvalue weighted by Crippen LogP contribution is 2.30. The Labute approximate surface area is 221 Å². The van der Waals surface area contributed by atoms with Gasteiger partial charge < -0.3 is 19.2 Å². The first-order chi connectivity index (χ1) is 18.6. The number of rotatable bonds is 11. The Kier molecular flexibility index (Phi) is 8.00. The Morgan fingerprint density at radius 2 is 1.97 bits per heavy atom. The van der Waals surface area contributed by atoms with Crippen molar-refractivity contribution >= 4 is 10.9 Å². The van der Waals surface area contributed by atoms with Gasteiger partial charge in [-0.3, -0.25) is 9.69 Å². The quantitative estimate of drug-likeness (QED) is 0.319. The van der Waals surface area contributed by atoms with Crippen molar-refractivity contribution in [3.63, 3.8) is 0 Å². The monoisotopic (exact) mass is 518 g/mol. The van der Waals surface area contributed by atoms with Crippen LogP contribution in [-0.2, 0) is 24.4 Å². The van der Waals surface area contributed by atoms with Gasteiger partial charge in [0.05, 0.1) is 32.9 Å². The number of para-hydroxylation sites is 1. The van der Waals surface area contributed by atoms with E-state index < -0.39 is 0 Å². The number of ether oxygens (including phenoxy) is 3. The van der Waals surface area contributed by atoms with Crippen molar-refractivity contribution < 1.29 is 14.2 Å². The third-order valence-corrected chi connectivity index (χ3v) is 7.15. The Hall–Kier alpha value is -3.76. The predicted molar refractivity (Wildman–Crippen MR) is 143 cm³/mol. The number of aromatic amines is 1. The smallest absolute Gasteiger partial charge is 0.252 e. The van der Waals surface area contributed by atoms with Gasteiger partial charge in [-0.2, -0.15) is 0 Å². The van der Waals surface area contributed by atoms with E-state index in [1.807, 2.05) is 53.2 Å². The lowest BCUT2D eigenvalue weighted by molar-refractivity contribution is 0.0887. The second kappa shape index (κ2) is 11.7. The van der Waals surface area contributed by atoms with Gasteiger partial charge >= 0.3 is 0 Å². The number of hydrogen-bond acceptors (Lipinski definition) is 8. The van der Waals surface area contributed by atoms with Crippen molar-refractivity contribution in [1.82, 2.24) is 30.1 Å². The molecule has 10 heteroatoms. The molecule has 1 fully saturated rings. The molecule has 0 spiro atoms. The zero-order chi connectivity index (χ0) is 26.5. The van der Waals surface area contributed by atoms with Gasteiger partial charge in [-0.15, -0.1) is 5.10 Å². The third-order valence-electron chi connectivity index (χ3n) is 7.15. The van der Waals surface area contributed by atoms with Crippen LogP contribution in [-0.4, -0.2) is 57.0 Å². The fraction of sp³-hybridized carbons (Fsp3) is 0.429. The number of nitrogens with one attached hydrogen (secondary N) is 1. The Balaban J connectivity index is 1.53. The summed E-state index contributed by atoms with van der Waals surface area (Å²) in [4.78, 5) is 18.5. The highest BCUT2D eigenvalue weighted by molar-refractivity contribution is 5.80. The number of pyridine rings is 1. The maximum absolute atomic E-state index is 13.2. The maximum Gasteiger partial charge on any atom is 0.252 e. The molecule has 0 amide bonds. The van der Waals surface area contributed by atoms with E-state index in [1.54, 1.807) is 14.2 Å². The van der Waals surface area contributed by atoms with Crippen LogP contribution >= 0.6 is 0 Å². The highest BCUT2D eigenvalue weighted by atomic mass is 16.5. The van der Waals surface area contributed by atoms with Gasteiger partial charge in [-0.1, -0.05) is 25.1 Å². The Morgan fingerprint density at radius 1 is 1.13 bits per heavy atom. The first-order valence-corrected chi connectivity index (χ1v) is 13.0. The topological polar surface area (TPSA) is 107 Å². The van der Waals surface area contributed by atoms with Gasteiger partial charge in [0, 0.05) is 41.7 Å². The van der Waals surface area contributed by atoms with Crippen LogP contribution in [0.3, 0.4) is 0 Å². The lowest BCUT2D eigenvalue weighted by atomic mass is 10.1. The van der Waals surface area contributed by atoms with Crippen LogP contribution in [0.2, 0.25) is 0 Å². The van der Waals surface area contributed by atoms with Crippen LogP contribution in [0.1, 0.15) is 49.2 Å². The average molecular weight is 519 g/mol. The van der Waals surface area contributed by atoms with Crippen molar-refractivity contribution in [2.75, 3.05) is 20.8 Å². The van der Waals surface area contributed by atoms with Crippen LogP contribution in [0.5, 0.6) is 11.5 Å². The number of hydrogen-bond donors (Lipinski definition) is 1. The van der Waals surface area contributed by atoms with E-state index in [0.717, 1.165) is 59.7 Å². The molecule has 2 atom stereocenters. The molecule has 5 rings (SSSR count). The zero-order valence-corrected chi connectivity index (χ0v) is 22.1. The summed E-state index contributed by atoms with van der Waals surface area (Å²) in [5, 5.41) is 13.7. The molecule has 4 aromatic rings. The molecule has 1 aliphatic heterocycles. The molecule has 1 saturated heterocycles. The summed E-state index contributed by atoms with van der Waals surface area (Å²) in [5.74, 6) is 2.29. The SMILES string of the molecule is CCC(c1nnnn1CC1CCCO1)N(Cc1ccccc1OC)Cc1cc2cc(OC)ccc2[nH]c1=O. The standard InChI is InChI=1S/C28H34N6O4/c1-4-25(27-30-31-32-34(27)18-23-9-7-13-38-23)33(16-19-8-5-6-10-26(19)37-3)17-21-14-20-15-22(36-2)11-12-24(20)29-28(21)35/h5-6,8,10-12,14-15,23,25H,4,7,9,13,16-18H2,1-3H3,(H,29,35). The minimum Gasteiger partial charge on any atom is -0.497 e. The summed E-state index contributed by atoms with van der Waals surface area (Å²) in [5.41, 5.74) is 2.31. The van der Waals surface area contributed by atoms with Gasteiger partial charge in [0.25, 0.3) is 5.56 Å². The van der Waals surface area contributed by atoms with E-state index in [1.165, 1.54) is 0 Å². The largest absolute Gasteiger partial charge is 0.497 e. The number of H-pyrrole nitrogens is 1. The third kappa shape index (κ3) is 5.56.